The lowest BCUT2D eigenvalue weighted by atomic mass is 9.97. The third-order valence-electron chi connectivity index (χ3n) is 6.02. The van der Waals surface area contributed by atoms with Gasteiger partial charge in [0.2, 0.25) is 0 Å². The van der Waals surface area contributed by atoms with Gasteiger partial charge in [0, 0.05) is 0 Å². The molecule has 0 radical (unpaired) electrons. The molecule has 8 N–H and O–H groups in total. The maximum atomic E-state index is 10.6. The Morgan fingerprint density at radius 1 is 0.912 bits per heavy atom. The molecule has 2 aliphatic heterocycles. The number of hydrogen-bond acceptors (Lipinski definition) is 12. The average molecular weight is 495 g/mol. The Balaban J connectivity index is 2.10. The van der Waals surface area contributed by atoms with Gasteiger partial charge in [0.1, 0.15) is 48.8 Å². The third kappa shape index (κ3) is 7.26. The fraction of sp³-hybridized carbons (Fsp3) is 0.818. The zero-order valence-corrected chi connectivity index (χ0v) is 19.4. The van der Waals surface area contributed by atoms with Crippen LogP contribution >= 0.6 is 0 Å². The molecular formula is C22H38O12. The van der Waals surface area contributed by atoms with E-state index in [4.69, 9.17) is 18.9 Å². The second-order valence-corrected chi connectivity index (χ2v) is 8.97. The van der Waals surface area contributed by atoms with Gasteiger partial charge in [-0.3, -0.25) is 0 Å². The van der Waals surface area contributed by atoms with Crippen molar-refractivity contribution in [2.24, 2.45) is 0 Å². The van der Waals surface area contributed by atoms with E-state index < -0.39 is 80.2 Å². The van der Waals surface area contributed by atoms with Crippen LogP contribution in [0.2, 0.25) is 0 Å². The molecule has 12 nitrogen and oxygen atoms in total. The molecule has 2 rings (SSSR count). The van der Waals surface area contributed by atoms with E-state index in [1.807, 2.05) is 6.08 Å². The van der Waals surface area contributed by atoms with Crippen LogP contribution in [0.4, 0.5) is 0 Å². The van der Waals surface area contributed by atoms with E-state index in [9.17, 15) is 40.9 Å². The Hall–Kier alpha value is -1.00. The van der Waals surface area contributed by atoms with E-state index in [2.05, 4.69) is 6.58 Å². The Labute approximate surface area is 198 Å². The standard InChI is InChI=1S/C22H38O12/c1-4-22(3,30)7-5-6-11(2)10-31-21-19(17(28)15(26)13(9-24)33-21)34-20-18(29)16(27)14(25)12(8-23)32-20/h4,6,12-21,23-30H,1,5,7-10H2,2-3H3/b11-6+/t12-,13-,14-,15-,16+,17+,18-,19-,20+,21-,22?/m1/s1. The highest BCUT2D eigenvalue weighted by molar-refractivity contribution is 5.02. The van der Waals surface area contributed by atoms with Crippen molar-refractivity contribution in [1.82, 2.24) is 0 Å². The van der Waals surface area contributed by atoms with Crippen molar-refractivity contribution in [1.29, 1.82) is 0 Å². The molecule has 0 aliphatic carbocycles. The van der Waals surface area contributed by atoms with Gasteiger partial charge in [-0.25, -0.2) is 0 Å². The van der Waals surface area contributed by atoms with Gasteiger partial charge in [-0.1, -0.05) is 17.7 Å². The first-order valence-electron chi connectivity index (χ1n) is 11.2. The summed E-state index contributed by atoms with van der Waals surface area (Å²) >= 11 is 0. The van der Waals surface area contributed by atoms with E-state index in [-0.39, 0.29) is 6.61 Å². The zero-order valence-electron chi connectivity index (χ0n) is 19.4. The summed E-state index contributed by atoms with van der Waals surface area (Å²) in [5.74, 6) is 0. The molecule has 0 bridgehead atoms. The van der Waals surface area contributed by atoms with E-state index in [1.165, 1.54) is 6.08 Å². The monoisotopic (exact) mass is 494 g/mol. The molecule has 11 atom stereocenters. The number of allylic oxidation sites excluding steroid dienone is 1. The second-order valence-electron chi connectivity index (χ2n) is 8.97. The van der Waals surface area contributed by atoms with Crippen molar-refractivity contribution < 1.29 is 59.8 Å². The maximum Gasteiger partial charge on any atom is 0.187 e. The van der Waals surface area contributed by atoms with Gasteiger partial charge in [-0.2, -0.15) is 0 Å². The highest BCUT2D eigenvalue weighted by Crippen LogP contribution is 2.30. The molecule has 198 valence electrons. The summed E-state index contributed by atoms with van der Waals surface area (Å²) in [6.45, 7) is 5.70. The molecule has 0 saturated carbocycles. The van der Waals surface area contributed by atoms with Gasteiger partial charge < -0.3 is 59.8 Å². The second kappa shape index (κ2) is 12.8. The number of aliphatic hydroxyl groups is 8. The Morgan fingerprint density at radius 3 is 2.03 bits per heavy atom. The Morgan fingerprint density at radius 2 is 1.47 bits per heavy atom. The molecule has 2 saturated heterocycles. The van der Waals surface area contributed by atoms with Crippen molar-refractivity contribution in [3.8, 4) is 0 Å². The lowest BCUT2D eigenvalue weighted by Gasteiger charge is -2.45. The highest BCUT2D eigenvalue weighted by atomic mass is 16.8. The minimum atomic E-state index is -1.74. The average Bonchev–Trinajstić information content (AvgIpc) is 2.81. The lowest BCUT2D eigenvalue weighted by Crippen LogP contribution is -2.64. The molecule has 0 spiro atoms. The molecule has 34 heavy (non-hydrogen) atoms. The summed E-state index contributed by atoms with van der Waals surface area (Å²) in [4.78, 5) is 0. The number of hydrogen-bond donors (Lipinski definition) is 8. The van der Waals surface area contributed by atoms with Gasteiger partial charge in [-0.15, -0.1) is 6.58 Å². The quantitative estimate of drug-likeness (QED) is 0.138. The molecule has 0 aromatic carbocycles. The van der Waals surface area contributed by atoms with E-state index in [0.717, 1.165) is 5.57 Å². The van der Waals surface area contributed by atoms with Crippen molar-refractivity contribution in [3.05, 3.63) is 24.3 Å². The first kappa shape index (κ1) is 29.2. The molecule has 12 heteroatoms. The SMILES string of the molecule is C=CC(C)(O)CC/C=C(\C)CO[C@@H]1O[C@H](CO)[C@@H](O)[C@H](O)[C@H]1O[C@@H]1O[C@H](CO)[C@@H](O)[C@H](O)[C@H]1O. The smallest absolute Gasteiger partial charge is 0.187 e. The van der Waals surface area contributed by atoms with Crippen molar-refractivity contribution in [3.63, 3.8) is 0 Å². The topological polar surface area (TPSA) is 199 Å². The van der Waals surface area contributed by atoms with Crippen LogP contribution in [0.15, 0.2) is 24.3 Å². The first-order chi connectivity index (χ1) is 15.9. The van der Waals surface area contributed by atoms with E-state index >= 15 is 0 Å². The summed E-state index contributed by atoms with van der Waals surface area (Å²) in [5.41, 5.74) is -0.250. The first-order valence-corrected chi connectivity index (χ1v) is 11.2. The van der Waals surface area contributed by atoms with Crippen LogP contribution in [0.5, 0.6) is 0 Å². The maximum absolute atomic E-state index is 10.6. The normalized spacial score (nSPS) is 41.2. The van der Waals surface area contributed by atoms with Gasteiger partial charge in [0.15, 0.2) is 12.6 Å². The van der Waals surface area contributed by atoms with Crippen LogP contribution in [-0.4, -0.2) is 128 Å². The lowest BCUT2D eigenvalue weighted by molar-refractivity contribution is -0.366. The van der Waals surface area contributed by atoms with E-state index in [1.54, 1.807) is 13.8 Å². The predicted octanol–water partition coefficient (Wildman–Crippen LogP) is -2.71. The largest absolute Gasteiger partial charge is 0.394 e. The third-order valence-corrected chi connectivity index (χ3v) is 6.02. The Bertz CT molecular complexity index is 668. The molecule has 2 aliphatic rings. The number of ether oxygens (including phenoxy) is 4. The minimum Gasteiger partial charge on any atom is -0.394 e. The summed E-state index contributed by atoms with van der Waals surface area (Å²) in [6.07, 6.45) is -10.7. The Kier molecular flexibility index (Phi) is 11.0. The molecule has 0 aromatic rings. The summed E-state index contributed by atoms with van der Waals surface area (Å²) in [5, 5.41) is 79.8. The number of rotatable bonds is 11. The van der Waals surface area contributed by atoms with Crippen LogP contribution in [0.1, 0.15) is 26.7 Å². The molecular weight excluding hydrogens is 456 g/mol. The highest BCUT2D eigenvalue weighted by Gasteiger charge is 2.50. The predicted molar refractivity (Wildman–Crippen MR) is 116 cm³/mol. The van der Waals surface area contributed by atoms with Crippen LogP contribution in [0.3, 0.4) is 0 Å². The van der Waals surface area contributed by atoms with Gasteiger partial charge in [0.25, 0.3) is 0 Å². The summed E-state index contributed by atoms with van der Waals surface area (Å²) in [7, 11) is 0. The van der Waals surface area contributed by atoms with Crippen LogP contribution in [0, 0.1) is 0 Å². The minimum absolute atomic E-state index is 0.0103. The van der Waals surface area contributed by atoms with Crippen LogP contribution in [-0.2, 0) is 18.9 Å². The van der Waals surface area contributed by atoms with Crippen molar-refractivity contribution >= 4 is 0 Å². The number of aliphatic hydroxyl groups excluding tert-OH is 7. The molecule has 0 aromatic heterocycles. The molecule has 1 unspecified atom stereocenters. The molecule has 2 heterocycles. The fourth-order valence-corrected chi connectivity index (χ4v) is 3.66. The zero-order chi connectivity index (χ0) is 25.6. The summed E-state index contributed by atoms with van der Waals surface area (Å²) < 4.78 is 22.2. The summed E-state index contributed by atoms with van der Waals surface area (Å²) in [6, 6.07) is 0. The van der Waals surface area contributed by atoms with E-state index in [0.29, 0.717) is 12.8 Å². The molecule has 0 amide bonds. The van der Waals surface area contributed by atoms with Crippen LogP contribution < -0.4 is 0 Å². The van der Waals surface area contributed by atoms with Crippen LogP contribution in [0.25, 0.3) is 0 Å². The van der Waals surface area contributed by atoms with Gasteiger partial charge >= 0.3 is 0 Å². The molecule has 2 fully saturated rings. The van der Waals surface area contributed by atoms with Gasteiger partial charge in [-0.05, 0) is 26.7 Å². The van der Waals surface area contributed by atoms with Crippen molar-refractivity contribution in [2.75, 3.05) is 19.8 Å². The van der Waals surface area contributed by atoms with Crippen molar-refractivity contribution in [2.45, 2.75) is 93.7 Å². The fourth-order valence-electron chi connectivity index (χ4n) is 3.66. The van der Waals surface area contributed by atoms with Gasteiger partial charge in [0.05, 0.1) is 25.4 Å².